The first-order valence-corrected chi connectivity index (χ1v) is 8.60. The molecule has 8 heteroatoms. The van der Waals surface area contributed by atoms with E-state index in [1.807, 2.05) is 30.9 Å². The second-order valence-electron chi connectivity index (χ2n) is 5.78. The third-order valence-electron chi connectivity index (χ3n) is 4.16. The molecule has 1 aliphatic rings. The van der Waals surface area contributed by atoms with Crippen LogP contribution in [0.25, 0.3) is 11.4 Å². The predicted molar refractivity (Wildman–Crippen MR) is 92.2 cm³/mol. The Morgan fingerprint density at radius 1 is 1.24 bits per heavy atom. The van der Waals surface area contributed by atoms with Gasteiger partial charge in [0.25, 0.3) is 0 Å². The Morgan fingerprint density at radius 3 is 2.64 bits per heavy atom. The first kappa shape index (κ1) is 17.3. The summed E-state index contributed by atoms with van der Waals surface area (Å²) < 4.78 is 10.3. The van der Waals surface area contributed by atoms with Gasteiger partial charge in [-0.25, -0.2) is 4.98 Å². The van der Waals surface area contributed by atoms with Crippen LogP contribution in [0.1, 0.15) is 19.7 Å². The van der Waals surface area contributed by atoms with Gasteiger partial charge in [-0.2, -0.15) is 4.98 Å². The highest BCUT2D eigenvalue weighted by Gasteiger charge is 2.22. The van der Waals surface area contributed by atoms with Crippen LogP contribution in [0.4, 0.5) is 5.82 Å². The molecule has 1 saturated heterocycles. The van der Waals surface area contributed by atoms with Crippen molar-refractivity contribution in [1.29, 1.82) is 0 Å². The third kappa shape index (κ3) is 4.14. The molecule has 2 aromatic rings. The summed E-state index contributed by atoms with van der Waals surface area (Å²) in [6.07, 6.45) is 2.47. The van der Waals surface area contributed by atoms with Crippen LogP contribution >= 0.6 is 0 Å². The average Bonchev–Trinajstić information content (AvgIpc) is 3.15. The molecule has 2 aromatic heterocycles. The van der Waals surface area contributed by atoms with Crippen molar-refractivity contribution in [3.63, 3.8) is 0 Å². The maximum Gasteiger partial charge on any atom is 0.248 e. The zero-order chi connectivity index (χ0) is 17.6. The SMILES string of the molecule is CCOCC(=O)N1CCN(c2ccc(-c3noc(CC)n3)cn2)CC1. The molecule has 1 aliphatic heterocycles. The standard InChI is InChI=1S/C17H23N5O3/c1-3-15-19-17(20-25-15)13-5-6-14(18-11-13)21-7-9-22(10-8-21)16(23)12-24-4-2/h5-6,11H,3-4,7-10,12H2,1-2H3. The van der Waals surface area contributed by atoms with Crippen LogP contribution in [0, 0.1) is 0 Å². The summed E-state index contributed by atoms with van der Waals surface area (Å²) in [7, 11) is 0. The Hall–Kier alpha value is -2.48. The van der Waals surface area contributed by atoms with Crippen molar-refractivity contribution in [2.24, 2.45) is 0 Å². The topological polar surface area (TPSA) is 84.6 Å². The van der Waals surface area contributed by atoms with Crippen molar-refractivity contribution in [3.05, 3.63) is 24.2 Å². The number of anilines is 1. The van der Waals surface area contributed by atoms with Gasteiger partial charge >= 0.3 is 0 Å². The molecule has 1 amide bonds. The average molecular weight is 345 g/mol. The Labute approximate surface area is 146 Å². The molecular weight excluding hydrogens is 322 g/mol. The lowest BCUT2D eigenvalue weighted by Crippen LogP contribution is -2.50. The van der Waals surface area contributed by atoms with E-state index in [9.17, 15) is 4.79 Å². The summed E-state index contributed by atoms with van der Waals surface area (Å²) in [5.41, 5.74) is 0.831. The summed E-state index contributed by atoms with van der Waals surface area (Å²) in [5, 5.41) is 3.96. The minimum Gasteiger partial charge on any atom is -0.372 e. The fourth-order valence-electron chi connectivity index (χ4n) is 2.69. The van der Waals surface area contributed by atoms with Crippen LogP contribution in [0.5, 0.6) is 0 Å². The van der Waals surface area contributed by atoms with Crippen molar-refractivity contribution in [3.8, 4) is 11.4 Å². The van der Waals surface area contributed by atoms with E-state index in [2.05, 4.69) is 20.0 Å². The van der Waals surface area contributed by atoms with E-state index < -0.39 is 0 Å². The molecule has 0 radical (unpaired) electrons. The second kappa shape index (κ2) is 8.06. The van der Waals surface area contributed by atoms with E-state index in [1.54, 1.807) is 6.20 Å². The molecule has 0 aliphatic carbocycles. The Balaban J connectivity index is 1.57. The number of nitrogens with zero attached hydrogens (tertiary/aromatic N) is 5. The molecule has 8 nitrogen and oxygen atoms in total. The Bertz CT molecular complexity index is 693. The molecule has 1 fully saturated rings. The van der Waals surface area contributed by atoms with E-state index in [1.165, 1.54) is 0 Å². The number of aryl methyl sites for hydroxylation is 1. The highest BCUT2D eigenvalue weighted by atomic mass is 16.5. The van der Waals surface area contributed by atoms with Gasteiger partial charge in [-0.05, 0) is 19.1 Å². The van der Waals surface area contributed by atoms with Crippen LogP contribution in [0.15, 0.2) is 22.9 Å². The highest BCUT2D eigenvalue weighted by Crippen LogP contribution is 2.19. The van der Waals surface area contributed by atoms with Gasteiger partial charge in [0.2, 0.25) is 17.6 Å². The molecule has 0 N–H and O–H groups in total. The zero-order valence-corrected chi connectivity index (χ0v) is 14.6. The quantitative estimate of drug-likeness (QED) is 0.782. The van der Waals surface area contributed by atoms with Crippen LogP contribution in [-0.2, 0) is 16.0 Å². The van der Waals surface area contributed by atoms with E-state index in [-0.39, 0.29) is 12.5 Å². The molecule has 0 bridgehead atoms. The van der Waals surface area contributed by atoms with Crippen molar-refractivity contribution in [1.82, 2.24) is 20.0 Å². The monoisotopic (exact) mass is 345 g/mol. The number of piperazine rings is 1. The summed E-state index contributed by atoms with van der Waals surface area (Å²) in [6.45, 7) is 7.45. The Kier molecular flexibility index (Phi) is 5.60. The van der Waals surface area contributed by atoms with Gasteiger partial charge in [-0.15, -0.1) is 0 Å². The zero-order valence-electron chi connectivity index (χ0n) is 14.6. The number of carbonyl (C=O) groups excluding carboxylic acids is 1. The molecule has 0 atom stereocenters. The summed E-state index contributed by atoms with van der Waals surface area (Å²) >= 11 is 0. The summed E-state index contributed by atoms with van der Waals surface area (Å²) in [6, 6.07) is 3.90. The van der Waals surface area contributed by atoms with E-state index >= 15 is 0 Å². The normalized spacial score (nSPS) is 14.8. The lowest BCUT2D eigenvalue weighted by Gasteiger charge is -2.35. The van der Waals surface area contributed by atoms with Gasteiger partial charge in [0.05, 0.1) is 0 Å². The minimum atomic E-state index is 0.0497. The van der Waals surface area contributed by atoms with Crippen molar-refractivity contribution in [2.45, 2.75) is 20.3 Å². The van der Waals surface area contributed by atoms with Crippen molar-refractivity contribution < 1.29 is 14.1 Å². The van der Waals surface area contributed by atoms with Crippen LogP contribution in [-0.4, -0.2) is 65.3 Å². The third-order valence-corrected chi connectivity index (χ3v) is 4.16. The van der Waals surface area contributed by atoms with Crippen molar-refractivity contribution in [2.75, 3.05) is 44.3 Å². The summed E-state index contributed by atoms with van der Waals surface area (Å²) in [5.74, 6) is 2.11. The van der Waals surface area contributed by atoms with E-state index in [0.717, 1.165) is 24.5 Å². The molecule has 3 heterocycles. The maximum absolute atomic E-state index is 12.0. The molecule has 134 valence electrons. The number of hydrogen-bond acceptors (Lipinski definition) is 7. The second-order valence-corrected chi connectivity index (χ2v) is 5.78. The lowest BCUT2D eigenvalue weighted by molar-refractivity contribution is -0.136. The molecule has 3 rings (SSSR count). The van der Waals surface area contributed by atoms with E-state index in [0.29, 0.717) is 37.8 Å². The maximum atomic E-state index is 12.0. The van der Waals surface area contributed by atoms with Crippen LogP contribution < -0.4 is 4.90 Å². The van der Waals surface area contributed by atoms with E-state index in [4.69, 9.17) is 9.26 Å². The Morgan fingerprint density at radius 2 is 2.04 bits per heavy atom. The summed E-state index contributed by atoms with van der Waals surface area (Å²) in [4.78, 5) is 24.8. The molecule has 0 spiro atoms. The van der Waals surface area contributed by atoms with Crippen LogP contribution in [0.2, 0.25) is 0 Å². The molecule has 0 saturated carbocycles. The number of aromatic nitrogens is 3. The smallest absolute Gasteiger partial charge is 0.248 e. The molecular formula is C17H23N5O3. The number of carbonyl (C=O) groups is 1. The minimum absolute atomic E-state index is 0.0497. The number of hydrogen-bond donors (Lipinski definition) is 0. The number of pyridine rings is 1. The molecule has 0 unspecified atom stereocenters. The van der Waals surface area contributed by atoms with Gasteiger partial charge in [-0.1, -0.05) is 12.1 Å². The largest absolute Gasteiger partial charge is 0.372 e. The van der Waals surface area contributed by atoms with Gasteiger partial charge in [-0.3, -0.25) is 4.79 Å². The number of rotatable bonds is 6. The van der Waals surface area contributed by atoms with Crippen LogP contribution in [0.3, 0.4) is 0 Å². The lowest BCUT2D eigenvalue weighted by atomic mass is 10.2. The molecule has 0 aromatic carbocycles. The van der Waals surface area contributed by atoms with Gasteiger partial charge < -0.3 is 19.1 Å². The number of amides is 1. The highest BCUT2D eigenvalue weighted by molar-refractivity contribution is 5.77. The van der Waals surface area contributed by atoms with Gasteiger partial charge in [0.15, 0.2) is 0 Å². The van der Waals surface area contributed by atoms with Gasteiger partial charge in [0.1, 0.15) is 12.4 Å². The predicted octanol–water partition coefficient (Wildman–Crippen LogP) is 1.38. The first-order valence-electron chi connectivity index (χ1n) is 8.60. The van der Waals surface area contributed by atoms with Crippen molar-refractivity contribution >= 4 is 11.7 Å². The first-order chi connectivity index (χ1) is 12.2. The number of ether oxygens (including phenoxy) is 1. The fraction of sp³-hybridized carbons (Fsp3) is 0.529. The fourth-order valence-corrected chi connectivity index (χ4v) is 2.69. The van der Waals surface area contributed by atoms with Gasteiger partial charge in [0, 0.05) is 51.0 Å². The molecule has 25 heavy (non-hydrogen) atoms.